The summed E-state index contributed by atoms with van der Waals surface area (Å²) >= 11 is 0. The summed E-state index contributed by atoms with van der Waals surface area (Å²) in [5.41, 5.74) is 2.86. The zero-order chi connectivity index (χ0) is 17.9. The van der Waals surface area contributed by atoms with Crippen molar-refractivity contribution in [1.29, 1.82) is 0 Å². The predicted octanol–water partition coefficient (Wildman–Crippen LogP) is 4.65. The van der Waals surface area contributed by atoms with E-state index in [2.05, 4.69) is 11.1 Å². The topological polar surface area (TPSA) is 42.4 Å². The lowest BCUT2D eigenvalue weighted by molar-refractivity contribution is 0.0317. The van der Waals surface area contributed by atoms with Crippen LogP contribution in [-0.2, 0) is 5.60 Å². The van der Waals surface area contributed by atoms with Crippen molar-refractivity contribution in [2.75, 3.05) is 7.11 Å². The van der Waals surface area contributed by atoms with E-state index in [9.17, 15) is 5.11 Å². The maximum Gasteiger partial charge on any atom is 0.119 e. The number of benzene rings is 2. The van der Waals surface area contributed by atoms with Gasteiger partial charge in [0.1, 0.15) is 11.4 Å². The predicted molar refractivity (Wildman–Crippen MR) is 101 cm³/mol. The first-order valence-corrected chi connectivity index (χ1v) is 8.43. The molecule has 1 N–H and O–H groups in total. The van der Waals surface area contributed by atoms with Gasteiger partial charge in [0.05, 0.1) is 7.11 Å². The molecule has 3 heteroatoms. The molecule has 0 fully saturated rings. The van der Waals surface area contributed by atoms with E-state index in [-0.39, 0.29) is 5.92 Å². The molecule has 2 aromatic carbocycles. The summed E-state index contributed by atoms with van der Waals surface area (Å²) in [4.78, 5) is 4.06. The molecule has 0 radical (unpaired) electrons. The van der Waals surface area contributed by atoms with Gasteiger partial charge >= 0.3 is 0 Å². The first-order valence-electron chi connectivity index (χ1n) is 8.43. The Balaban J connectivity index is 2.00. The molecule has 25 heavy (non-hydrogen) atoms. The van der Waals surface area contributed by atoms with E-state index in [0.29, 0.717) is 0 Å². The fourth-order valence-electron chi connectivity index (χ4n) is 3.16. The molecule has 0 aliphatic carbocycles. The van der Waals surface area contributed by atoms with Gasteiger partial charge < -0.3 is 9.84 Å². The molecule has 128 valence electrons. The van der Waals surface area contributed by atoms with Crippen molar-refractivity contribution in [3.63, 3.8) is 0 Å². The lowest BCUT2D eigenvalue weighted by atomic mass is 9.78. The maximum absolute atomic E-state index is 11.4. The molecule has 0 saturated heterocycles. The molecule has 0 aliphatic rings. The van der Waals surface area contributed by atoms with Crippen LogP contribution in [0, 0.1) is 5.92 Å². The van der Waals surface area contributed by atoms with Crippen molar-refractivity contribution in [3.05, 3.63) is 84.2 Å². The van der Waals surface area contributed by atoms with Gasteiger partial charge in [-0.25, -0.2) is 0 Å². The SMILES string of the molecule is COc1cccc(-c2ccc(C(O)(c3ccncc3)C(C)C)cc2)c1. The van der Waals surface area contributed by atoms with Gasteiger partial charge in [-0.05, 0) is 52.4 Å². The van der Waals surface area contributed by atoms with E-state index in [0.717, 1.165) is 28.0 Å². The van der Waals surface area contributed by atoms with Crippen LogP contribution < -0.4 is 4.74 Å². The third-order valence-electron chi connectivity index (χ3n) is 4.68. The van der Waals surface area contributed by atoms with E-state index < -0.39 is 5.60 Å². The molecule has 3 aromatic rings. The Hall–Kier alpha value is -2.65. The summed E-state index contributed by atoms with van der Waals surface area (Å²) in [6.45, 7) is 4.05. The molecule has 0 aliphatic heterocycles. The number of rotatable bonds is 5. The largest absolute Gasteiger partial charge is 0.497 e. The zero-order valence-electron chi connectivity index (χ0n) is 14.8. The third kappa shape index (κ3) is 3.28. The summed E-state index contributed by atoms with van der Waals surface area (Å²) in [5, 5.41) is 11.4. The number of aliphatic hydroxyl groups is 1. The normalized spacial score (nSPS) is 13.5. The van der Waals surface area contributed by atoms with Crippen LogP contribution in [-0.4, -0.2) is 17.2 Å². The fourth-order valence-corrected chi connectivity index (χ4v) is 3.16. The number of ether oxygens (including phenoxy) is 1. The van der Waals surface area contributed by atoms with E-state index in [1.807, 2.05) is 68.4 Å². The van der Waals surface area contributed by atoms with Crippen LogP contribution in [0.15, 0.2) is 73.1 Å². The summed E-state index contributed by atoms with van der Waals surface area (Å²) in [6.07, 6.45) is 3.43. The van der Waals surface area contributed by atoms with Gasteiger partial charge in [-0.3, -0.25) is 4.98 Å². The molecule has 1 atom stereocenters. The van der Waals surface area contributed by atoms with Crippen molar-refractivity contribution < 1.29 is 9.84 Å². The van der Waals surface area contributed by atoms with Crippen LogP contribution >= 0.6 is 0 Å². The average Bonchev–Trinajstić information content (AvgIpc) is 2.68. The maximum atomic E-state index is 11.4. The van der Waals surface area contributed by atoms with Crippen molar-refractivity contribution >= 4 is 0 Å². The molecule has 1 unspecified atom stereocenters. The van der Waals surface area contributed by atoms with Gasteiger partial charge in [-0.1, -0.05) is 50.2 Å². The van der Waals surface area contributed by atoms with Crippen molar-refractivity contribution in [1.82, 2.24) is 4.98 Å². The molecule has 3 rings (SSSR count). The van der Waals surface area contributed by atoms with Gasteiger partial charge in [0.25, 0.3) is 0 Å². The highest BCUT2D eigenvalue weighted by Crippen LogP contribution is 2.37. The van der Waals surface area contributed by atoms with Crippen LogP contribution in [0.2, 0.25) is 0 Å². The standard InChI is InChI=1S/C22H23NO2/c1-16(2)22(24,20-11-13-23-14-12-20)19-9-7-17(8-10-19)18-5-4-6-21(15-18)25-3/h4-16,24H,1-3H3. The lowest BCUT2D eigenvalue weighted by Gasteiger charge is -2.33. The number of hydrogen-bond donors (Lipinski definition) is 1. The third-order valence-corrected chi connectivity index (χ3v) is 4.68. The van der Waals surface area contributed by atoms with E-state index in [4.69, 9.17) is 4.74 Å². The Bertz CT molecular complexity index is 828. The molecular formula is C22H23NO2. The Morgan fingerprint density at radius 2 is 1.52 bits per heavy atom. The van der Waals surface area contributed by atoms with Crippen molar-refractivity contribution in [2.45, 2.75) is 19.4 Å². The van der Waals surface area contributed by atoms with E-state index >= 15 is 0 Å². The second kappa shape index (κ2) is 7.08. The molecule has 1 aromatic heterocycles. The van der Waals surface area contributed by atoms with Gasteiger partial charge in [-0.2, -0.15) is 0 Å². The minimum atomic E-state index is -1.05. The number of methoxy groups -OCH3 is 1. The van der Waals surface area contributed by atoms with Crippen LogP contribution in [0.4, 0.5) is 0 Å². The summed E-state index contributed by atoms with van der Waals surface area (Å²) in [5.74, 6) is 0.856. The molecule has 0 bridgehead atoms. The molecule has 1 heterocycles. The van der Waals surface area contributed by atoms with Gasteiger partial charge in [0.2, 0.25) is 0 Å². The monoisotopic (exact) mass is 333 g/mol. The Kier molecular flexibility index (Phi) is 4.86. The average molecular weight is 333 g/mol. The molecule has 0 spiro atoms. The molecule has 0 saturated carbocycles. The Labute approximate surface area is 148 Å². The highest BCUT2D eigenvalue weighted by molar-refractivity contribution is 5.65. The second-order valence-electron chi connectivity index (χ2n) is 6.47. The zero-order valence-corrected chi connectivity index (χ0v) is 14.8. The Morgan fingerprint density at radius 1 is 0.880 bits per heavy atom. The first kappa shape index (κ1) is 17.2. The molecular weight excluding hydrogens is 310 g/mol. The van der Waals surface area contributed by atoms with Crippen LogP contribution in [0.25, 0.3) is 11.1 Å². The fraction of sp³-hybridized carbons (Fsp3) is 0.227. The van der Waals surface area contributed by atoms with Gasteiger partial charge in [0.15, 0.2) is 0 Å². The number of nitrogens with zero attached hydrogens (tertiary/aromatic N) is 1. The van der Waals surface area contributed by atoms with E-state index in [1.165, 1.54) is 0 Å². The summed E-state index contributed by atoms with van der Waals surface area (Å²) < 4.78 is 5.30. The summed E-state index contributed by atoms with van der Waals surface area (Å²) in [7, 11) is 1.67. The van der Waals surface area contributed by atoms with Gasteiger partial charge in [-0.15, -0.1) is 0 Å². The number of pyridine rings is 1. The molecule has 0 amide bonds. The summed E-state index contributed by atoms with van der Waals surface area (Å²) in [6, 6.07) is 19.8. The highest BCUT2D eigenvalue weighted by Gasteiger charge is 2.35. The number of hydrogen-bond acceptors (Lipinski definition) is 3. The first-order chi connectivity index (χ1) is 12.1. The van der Waals surface area contributed by atoms with Crippen LogP contribution in [0.3, 0.4) is 0 Å². The second-order valence-corrected chi connectivity index (χ2v) is 6.47. The van der Waals surface area contributed by atoms with Crippen molar-refractivity contribution in [2.24, 2.45) is 5.92 Å². The lowest BCUT2D eigenvalue weighted by Crippen LogP contribution is -2.33. The molecule has 3 nitrogen and oxygen atoms in total. The minimum absolute atomic E-state index is 0.0255. The van der Waals surface area contributed by atoms with Crippen LogP contribution in [0.1, 0.15) is 25.0 Å². The Morgan fingerprint density at radius 3 is 2.12 bits per heavy atom. The quantitative estimate of drug-likeness (QED) is 0.739. The minimum Gasteiger partial charge on any atom is -0.497 e. The number of aromatic nitrogens is 1. The van der Waals surface area contributed by atoms with E-state index in [1.54, 1.807) is 19.5 Å². The van der Waals surface area contributed by atoms with Crippen LogP contribution in [0.5, 0.6) is 5.75 Å². The van der Waals surface area contributed by atoms with Crippen molar-refractivity contribution in [3.8, 4) is 16.9 Å². The highest BCUT2D eigenvalue weighted by atomic mass is 16.5. The van der Waals surface area contributed by atoms with Gasteiger partial charge in [0, 0.05) is 12.4 Å². The smallest absolute Gasteiger partial charge is 0.119 e.